The Balaban J connectivity index is 2.06. The van der Waals surface area contributed by atoms with Gasteiger partial charge in [-0.15, -0.1) is 0 Å². The van der Waals surface area contributed by atoms with Gasteiger partial charge in [0.1, 0.15) is 11.4 Å². The Bertz CT molecular complexity index is 748. The number of likely N-dealkylation sites (N-methyl/N-ethyl adjacent to an activating group) is 2. The Labute approximate surface area is 139 Å². The van der Waals surface area contributed by atoms with Gasteiger partial charge >= 0.3 is 6.03 Å². The van der Waals surface area contributed by atoms with Crippen LogP contribution in [0.2, 0.25) is 0 Å². The van der Waals surface area contributed by atoms with Gasteiger partial charge < -0.3 is 4.90 Å². The van der Waals surface area contributed by atoms with E-state index in [9.17, 15) is 18.8 Å². The number of benzene rings is 1. The Hall–Kier alpha value is -2.70. The fourth-order valence-corrected chi connectivity index (χ4v) is 3.04. The van der Waals surface area contributed by atoms with Gasteiger partial charge in [0.15, 0.2) is 0 Å². The highest BCUT2D eigenvalue weighted by Gasteiger charge is 2.39. The SMILES string of the molecule is C[C@H]1CCc2cc(F)ccc2N1C=C1C(=O)N(C)C(=O)N(C)C1=O. The average molecular weight is 331 g/mol. The highest BCUT2D eigenvalue weighted by molar-refractivity contribution is 6.28. The van der Waals surface area contributed by atoms with E-state index in [2.05, 4.69) is 0 Å². The molecular weight excluding hydrogens is 313 g/mol. The highest BCUT2D eigenvalue weighted by atomic mass is 19.1. The molecule has 126 valence electrons. The predicted molar refractivity (Wildman–Crippen MR) is 85.7 cm³/mol. The van der Waals surface area contributed by atoms with Crippen molar-refractivity contribution >= 4 is 23.5 Å². The maximum Gasteiger partial charge on any atom is 0.333 e. The lowest BCUT2D eigenvalue weighted by Crippen LogP contribution is -2.53. The third kappa shape index (κ3) is 2.46. The molecule has 1 atom stereocenters. The Morgan fingerprint density at radius 2 is 1.75 bits per heavy atom. The molecule has 0 unspecified atom stereocenters. The second kappa shape index (κ2) is 5.74. The molecule has 4 amide bonds. The minimum absolute atomic E-state index is 0.0456. The van der Waals surface area contributed by atoms with E-state index in [0.29, 0.717) is 0 Å². The maximum atomic E-state index is 13.5. The number of barbiturate groups is 1. The zero-order valence-electron chi connectivity index (χ0n) is 13.7. The fourth-order valence-electron chi connectivity index (χ4n) is 3.04. The van der Waals surface area contributed by atoms with Crippen molar-refractivity contribution in [2.24, 2.45) is 0 Å². The molecule has 0 spiro atoms. The molecule has 0 saturated carbocycles. The number of imide groups is 2. The average Bonchev–Trinajstić information content (AvgIpc) is 2.56. The molecule has 2 heterocycles. The third-order valence-corrected chi connectivity index (χ3v) is 4.54. The molecule has 0 bridgehead atoms. The number of urea groups is 1. The van der Waals surface area contributed by atoms with E-state index in [1.54, 1.807) is 11.0 Å². The monoisotopic (exact) mass is 331 g/mol. The number of amides is 4. The van der Waals surface area contributed by atoms with Crippen LogP contribution in [0.4, 0.5) is 14.9 Å². The molecule has 1 aromatic carbocycles. The number of hydrogen-bond donors (Lipinski definition) is 0. The summed E-state index contributed by atoms with van der Waals surface area (Å²) in [5.41, 5.74) is 1.52. The van der Waals surface area contributed by atoms with Crippen molar-refractivity contribution in [3.8, 4) is 0 Å². The van der Waals surface area contributed by atoms with Gasteiger partial charge in [-0.1, -0.05) is 0 Å². The Kier molecular flexibility index (Phi) is 3.87. The van der Waals surface area contributed by atoms with E-state index >= 15 is 0 Å². The minimum Gasteiger partial charge on any atom is -0.344 e. The van der Waals surface area contributed by atoms with E-state index in [1.165, 1.54) is 32.4 Å². The fraction of sp³-hybridized carbons (Fsp3) is 0.353. The number of halogens is 1. The van der Waals surface area contributed by atoms with Crippen molar-refractivity contribution in [2.75, 3.05) is 19.0 Å². The van der Waals surface area contributed by atoms with Crippen molar-refractivity contribution in [2.45, 2.75) is 25.8 Å². The number of fused-ring (bicyclic) bond motifs is 1. The lowest BCUT2D eigenvalue weighted by Gasteiger charge is -2.36. The first-order chi connectivity index (χ1) is 11.3. The van der Waals surface area contributed by atoms with Crippen LogP contribution in [0.5, 0.6) is 0 Å². The van der Waals surface area contributed by atoms with Gasteiger partial charge in [-0.2, -0.15) is 0 Å². The summed E-state index contributed by atoms with van der Waals surface area (Å²) in [6.07, 6.45) is 2.98. The normalized spacial score (nSPS) is 21.3. The van der Waals surface area contributed by atoms with Gasteiger partial charge in [0.25, 0.3) is 11.8 Å². The van der Waals surface area contributed by atoms with Crippen LogP contribution in [-0.2, 0) is 16.0 Å². The van der Waals surface area contributed by atoms with Crippen molar-refractivity contribution in [1.82, 2.24) is 9.80 Å². The molecule has 6 nitrogen and oxygen atoms in total. The number of nitrogens with zero attached hydrogens (tertiary/aromatic N) is 3. The molecule has 0 radical (unpaired) electrons. The minimum atomic E-state index is -0.656. The van der Waals surface area contributed by atoms with Gasteiger partial charge in [0.05, 0.1) is 0 Å². The number of hydrogen-bond acceptors (Lipinski definition) is 4. The first kappa shape index (κ1) is 16.2. The van der Waals surface area contributed by atoms with E-state index in [0.717, 1.165) is 33.9 Å². The molecule has 1 fully saturated rings. The Morgan fingerprint density at radius 3 is 2.38 bits per heavy atom. The summed E-state index contributed by atoms with van der Waals surface area (Å²) in [6, 6.07) is 3.86. The molecule has 2 aliphatic heterocycles. The summed E-state index contributed by atoms with van der Waals surface area (Å²) in [4.78, 5) is 40.1. The smallest absolute Gasteiger partial charge is 0.333 e. The van der Waals surface area contributed by atoms with Gasteiger partial charge in [-0.05, 0) is 43.5 Å². The maximum absolute atomic E-state index is 13.5. The van der Waals surface area contributed by atoms with E-state index in [-0.39, 0.29) is 17.4 Å². The molecule has 2 aliphatic rings. The number of carbonyl (C=O) groups is 3. The van der Waals surface area contributed by atoms with Crippen LogP contribution in [0.3, 0.4) is 0 Å². The van der Waals surface area contributed by atoms with Crippen molar-refractivity contribution in [3.63, 3.8) is 0 Å². The number of anilines is 1. The first-order valence-corrected chi connectivity index (χ1v) is 7.70. The lowest BCUT2D eigenvalue weighted by molar-refractivity contribution is -0.134. The largest absolute Gasteiger partial charge is 0.344 e. The molecule has 7 heteroatoms. The molecule has 24 heavy (non-hydrogen) atoms. The van der Waals surface area contributed by atoms with Crippen LogP contribution >= 0.6 is 0 Å². The second-order valence-electron chi connectivity index (χ2n) is 6.12. The van der Waals surface area contributed by atoms with Crippen LogP contribution in [0, 0.1) is 5.82 Å². The van der Waals surface area contributed by atoms with Crippen LogP contribution in [0.15, 0.2) is 30.0 Å². The van der Waals surface area contributed by atoms with Gasteiger partial charge in [-0.3, -0.25) is 19.4 Å². The third-order valence-electron chi connectivity index (χ3n) is 4.54. The van der Waals surface area contributed by atoms with E-state index in [1.807, 2.05) is 6.92 Å². The molecule has 0 aromatic heterocycles. The zero-order valence-corrected chi connectivity index (χ0v) is 13.7. The summed E-state index contributed by atoms with van der Waals surface area (Å²) in [7, 11) is 2.68. The summed E-state index contributed by atoms with van der Waals surface area (Å²) < 4.78 is 13.5. The molecule has 0 N–H and O–H groups in total. The molecular formula is C17H18FN3O3. The number of carbonyl (C=O) groups excluding carboxylic acids is 3. The zero-order chi connectivity index (χ0) is 17.6. The standard InChI is InChI=1S/C17H18FN3O3/c1-10-4-5-11-8-12(18)6-7-14(11)21(10)9-13-15(22)19(2)17(24)20(3)16(13)23/h6-10H,4-5H2,1-3H3/t10-/m0/s1. The summed E-state index contributed by atoms with van der Waals surface area (Å²) in [6.45, 7) is 1.97. The molecule has 3 rings (SSSR count). The van der Waals surface area contributed by atoms with E-state index < -0.39 is 17.8 Å². The number of aryl methyl sites for hydroxylation is 1. The quantitative estimate of drug-likeness (QED) is 0.582. The molecule has 0 aliphatic carbocycles. The highest BCUT2D eigenvalue weighted by Crippen LogP contribution is 2.32. The van der Waals surface area contributed by atoms with Crippen LogP contribution in [-0.4, -0.2) is 47.8 Å². The van der Waals surface area contributed by atoms with Crippen LogP contribution in [0.25, 0.3) is 0 Å². The van der Waals surface area contributed by atoms with Gasteiger partial charge in [0.2, 0.25) is 0 Å². The van der Waals surface area contributed by atoms with Crippen molar-refractivity contribution in [3.05, 3.63) is 41.4 Å². The first-order valence-electron chi connectivity index (χ1n) is 7.70. The summed E-state index contributed by atoms with van der Waals surface area (Å²) in [5.74, 6) is -1.58. The summed E-state index contributed by atoms with van der Waals surface area (Å²) >= 11 is 0. The Morgan fingerprint density at radius 1 is 1.12 bits per heavy atom. The second-order valence-corrected chi connectivity index (χ2v) is 6.12. The van der Waals surface area contributed by atoms with Gasteiger partial charge in [-0.25, -0.2) is 9.18 Å². The topological polar surface area (TPSA) is 60.9 Å². The van der Waals surface area contributed by atoms with Gasteiger partial charge in [0, 0.05) is 32.0 Å². The number of rotatable bonds is 1. The van der Waals surface area contributed by atoms with Crippen LogP contribution < -0.4 is 4.90 Å². The predicted octanol–water partition coefficient (Wildman–Crippen LogP) is 1.90. The molecule has 1 saturated heterocycles. The summed E-state index contributed by atoms with van der Waals surface area (Å²) in [5, 5.41) is 0. The van der Waals surface area contributed by atoms with Crippen molar-refractivity contribution in [1.29, 1.82) is 0 Å². The van der Waals surface area contributed by atoms with Crippen molar-refractivity contribution < 1.29 is 18.8 Å². The van der Waals surface area contributed by atoms with E-state index in [4.69, 9.17) is 0 Å². The molecule has 1 aromatic rings. The van der Waals surface area contributed by atoms with Crippen LogP contribution in [0.1, 0.15) is 18.9 Å². The lowest BCUT2D eigenvalue weighted by atomic mass is 9.96.